The molecule has 3 heteroatoms. The fourth-order valence-electron chi connectivity index (χ4n) is 2.30. The average molecular weight is 227 g/mol. The molecule has 0 aromatic heterocycles. The van der Waals surface area contributed by atoms with E-state index in [0.717, 1.165) is 0 Å². The van der Waals surface area contributed by atoms with Crippen molar-refractivity contribution < 1.29 is 9.90 Å². The van der Waals surface area contributed by atoms with Crippen molar-refractivity contribution in [3.63, 3.8) is 0 Å². The summed E-state index contributed by atoms with van der Waals surface area (Å²) < 4.78 is 0. The van der Waals surface area contributed by atoms with Gasteiger partial charge in [0.05, 0.1) is 12.1 Å². The second-order valence-corrected chi connectivity index (χ2v) is 6.84. The Morgan fingerprint density at radius 2 is 1.69 bits per heavy atom. The number of aliphatic hydroxyl groups is 1. The van der Waals surface area contributed by atoms with Crippen LogP contribution in [0.4, 0.5) is 0 Å². The third kappa shape index (κ3) is 2.83. The number of nitrogens with zero attached hydrogens (tertiary/aromatic N) is 1. The van der Waals surface area contributed by atoms with E-state index in [-0.39, 0.29) is 28.9 Å². The standard InChI is InChI=1S/C13H25NO2/c1-12(2,3)11(16)10-7-9(15)8-14(10)13(4,5)6/h9-10,15H,7-8H2,1-6H3. The molecule has 0 spiro atoms. The minimum atomic E-state index is -0.365. The Morgan fingerprint density at radius 1 is 1.19 bits per heavy atom. The molecule has 3 nitrogen and oxygen atoms in total. The molecule has 2 unspecified atom stereocenters. The second kappa shape index (κ2) is 4.11. The molecular formula is C13H25NO2. The fraction of sp³-hybridized carbons (Fsp3) is 0.923. The van der Waals surface area contributed by atoms with E-state index in [1.54, 1.807) is 0 Å². The minimum absolute atomic E-state index is 0.0664. The van der Waals surface area contributed by atoms with E-state index in [2.05, 4.69) is 25.7 Å². The molecule has 1 saturated heterocycles. The van der Waals surface area contributed by atoms with Crippen molar-refractivity contribution in [1.82, 2.24) is 4.90 Å². The monoisotopic (exact) mass is 227 g/mol. The van der Waals surface area contributed by atoms with Crippen LogP contribution in [-0.2, 0) is 4.79 Å². The molecule has 0 aromatic rings. The van der Waals surface area contributed by atoms with Gasteiger partial charge in [-0.25, -0.2) is 0 Å². The zero-order valence-electron chi connectivity index (χ0n) is 11.4. The van der Waals surface area contributed by atoms with Gasteiger partial charge in [-0.15, -0.1) is 0 Å². The molecule has 94 valence electrons. The molecule has 0 radical (unpaired) electrons. The van der Waals surface area contributed by atoms with Gasteiger partial charge in [0.1, 0.15) is 0 Å². The summed E-state index contributed by atoms with van der Waals surface area (Å²) in [6.07, 6.45) is 0.212. The molecule has 1 heterocycles. The van der Waals surface area contributed by atoms with Gasteiger partial charge in [0, 0.05) is 17.5 Å². The Kier molecular flexibility index (Phi) is 3.51. The van der Waals surface area contributed by atoms with Crippen LogP contribution >= 0.6 is 0 Å². The van der Waals surface area contributed by atoms with E-state index in [1.165, 1.54) is 0 Å². The van der Waals surface area contributed by atoms with Crippen LogP contribution in [0.15, 0.2) is 0 Å². The summed E-state index contributed by atoms with van der Waals surface area (Å²) in [4.78, 5) is 14.4. The highest BCUT2D eigenvalue weighted by Gasteiger charge is 2.44. The lowest BCUT2D eigenvalue weighted by atomic mass is 9.84. The molecule has 1 aliphatic rings. The number of rotatable bonds is 1. The predicted octanol–water partition coefficient (Wildman–Crippen LogP) is 1.84. The van der Waals surface area contributed by atoms with Gasteiger partial charge in [0.25, 0.3) is 0 Å². The number of hydrogen-bond acceptors (Lipinski definition) is 3. The Morgan fingerprint density at radius 3 is 2.06 bits per heavy atom. The molecule has 1 rings (SSSR count). The lowest BCUT2D eigenvalue weighted by Crippen LogP contribution is -2.50. The average Bonchev–Trinajstić information content (AvgIpc) is 2.43. The number of aliphatic hydroxyl groups excluding tert-OH is 1. The highest BCUT2D eigenvalue weighted by molar-refractivity contribution is 5.89. The molecule has 0 aliphatic carbocycles. The van der Waals surface area contributed by atoms with E-state index in [1.807, 2.05) is 20.8 Å². The molecule has 0 aromatic carbocycles. The first-order valence-corrected chi connectivity index (χ1v) is 6.02. The van der Waals surface area contributed by atoms with Crippen LogP contribution in [-0.4, -0.2) is 40.0 Å². The van der Waals surface area contributed by atoms with Crippen LogP contribution in [0.1, 0.15) is 48.0 Å². The van der Waals surface area contributed by atoms with Gasteiger partial charge >= 0.3 is 0 Å². The highest BCUT2D eigenvalue weighted by Crippen LogP contribution is 2.31. The third-order valence-corrected chi connectivity index (χ3v) is 3.18. The number of carbonyl (C=O) groups is 1. The van der Waals surface area contributed by atoms with Crippen LogP contribution < -0.4 is 0 Å². The second-order valence-electron chi connectivity index (χ2n) is 6.84. The van der Waals surface area contributed by atoms with Crippen LogP contribution in [0, 0.1) is 5.41 Å². The summed E-state index contributed by atoms with van der Waals surface area (Å²) in [5.74, 6) is 0.235. The molecule has 0 saturated carbocycles. The van der Waals surface area contributed by atoms with Crippen molar-refractivity contribution >= 4 is 5.78 Å². The number of hydrogen-bond donors (Lipinski definition) is 1. The maximum Gasteiger partial charge on any atom is 0.155 e. The molecule has 1 N–H and O–H groups in total. The van der Waals surface area contributed by atoms with Crippen LogP contribution in [0.2, 0.25) is 0 Å². The normalized spacial score (nSPS) is 28.4. The lowest BCUT2D eigenvalue weighted by Gasteiger charge is -2.38. The number of β-amino-alcohol motifs (C(OH)–C–C–N with tert-alkyl or cyclic N) is 1. The van der Waals surface area contributed by atoms with E-state index >= 15 is 0 Å². The summed E-state index contributed by atoms with van der Waals surface area (Å²) in [5.41, 5.74) is -0.402. The Labute approximate surface area is 98.8 Å². The highest BCUT2D eigenvalue weighted by atomic mass is 16.3. The van der Waals surface area contributed by atoms with Gasteiger partial charge in [-0.05, 0) is 27.2 Å². The quantitative estimate of drug-likeness (QED) is 0.743. The van der Waals surface area contributed by atoms with Crippen molar-refractivity contribution in [2.45, 2.75) is 65.6 Å². The van der Waals surface area contributed by atoms with Gasteiger partial charge in [0.2, 0.25) is 0 Å². The van der Waals surface area contributed by atoms with E-state index in [0.29, 0.717) is 13.0 Å². The van der Waals surface area contributed by atoms with Crippen molar-refractivity contribution in [3.05, 3.63) is 0 Å². The maximum absolute atomic E-state index is 12.3. The maximum atomic E-state index is 12.3. The number of Topliss-reactive ketones (excluding diaryl/α,β-unsaturated/α-hetero) is 1. The summed E-state index contributed by atoms with van der Waals surface area (Å²) >= 11 is 0. The number of ketones is 1. The van der Waals surface area contributed by atoms with Crippen LogP contribution in [0.3, 0.4) is 0 Å². The van der Waals surface area contributed by atoms with Crippen molar-refractivity contribution in [2.75, 3.05) is 6.54 Å². The van der Waals surface area contributed by atoms with Crippen LogP contribution in [0.5, 0.6) is 0 Å². The molecule has 1 fully saturated rings. The first-order valence-electron chi connectivity index (χ1n) is 6.02. The van der Waals surface area contributed by atoms with Crippen LogP contribution in [0.25, 0.3) is 0 Å². The SMILES string of the molecule is CC(C)(C)C(=O)C1CC(O)CN1C(C)(C)C. The van der Waals surface area contributed by atoms with Gasteiger partial charge in [-0.1, -0.05) is 20.8 Å². The summed E-state index contributed by atoms with van der Waals surface area (Å²) in [6, 6.07) is -0.130. The molecule has 0 bridgehead atoms. The molecule has 16 heavy (non-hydrogen) atoms. The predicted molar refractivity (Wildman–Crippen MR) is 65.3 cm³/mol. The summed E-state index contributed by atoms with van der Waals surface area (Å²) in [7, 11) is 0. The Bertz CT molecular complexity index is 273. The van der Waals surface area contributed by atoms with E-state index in [4.69, 9.17) is 0 Å². The van der Waals surface area contributed by atoms with Gasteiger partial charge < -0.3 is 5.11 Å². The Hall–Kier alpha value is -0.410. The smallest absolute Gasteiger partial charge is 0.155 e. The number of likely N-dealkylation sites (tertiary alicyclic amines) is 1. The molecular weight excluding hydrogens is 202 g/mol. The summed E-state index contributed by atoms with van der Waals surface area (Å²) in [6.45, 7) is 12.7. The zero-order valence-corrected chi connectivity index (χ0v) is 11.4. The first-order chi connectivity index (χ1) is 7.03. The van der Waals surface area contributed by atoms with Gasteiger partial charge in [-0.2, -0.15) is 0 Å². The third-order valence-electron chi connectivity index (χ3n) is 3.18. The molecule has 0 amide bonds. The molecule has 1 aliphatic heterocycles. The topological polar surface area (TPSA) is 40.5 Å². The number of carbonyl (C=O) groups excluding carboxylic acids is 1. The summed E-state index contributed by atoms with van der Waals surface area (Å²) in [5, 5.41) is 9.75. The van der Waals surface area contributed by atoms with Gasteiger partial charge in [-0.3, -0.25) is 9.69 Å². The largest absolute Gasteiger partial charge is 0.392 e. The minimum Gasteiger partial charge on any atom is -0.392 e. The van der Waals surface area contributed by atoms with Crippen molar-refractivity contribution in [1.29, 1.82) is 0 Å². The van der Waals surface area contributed by atoms with E-state index in [9.17, 15) is 9.90 Å². The molecule has 2 atom stereocenters. The van der Waals surface area contributed by atoms with Crippen molar-refractivity contribution in [2.24, 2.45) is 5.41 Å². The Balaban J connectivity index is 2.91. The zero-order chi connectivity index (χ0) is 12.7. The van der Waals surface area contributed by atoms with Crippen molar-refractivity contribution in [3.8, 4) is 0 Å². The van der Waals surface area contributed by atoms with E-state index < -0.39 is 0 Å². The van der Waals surface area contributed by atoms with Gasteiger partial charge in [0.15, 0.2) is 5.78 Å². The first kappa shape index (κ1) is 13.7. The lowest BCUT2D eigenvalue weighted by molar-refractivity contribution is -0.132. The fourth-order valence-corrected chi connectivity index (χ4v) is 2.30.